The Balaban J connectivity index is 1.81. The summed E-state index contributed by atoms with van der Waals surface area (Å²) < 4.78 is 13.3. The van der Waals surface area contributed by atoms with Crippen molar-refractivity contribution >= 4 is 38.8 Å². The number of aromatic nitrogens is 4. The smallest absolute Gasteiger partial charge is 0.342 e. The number of hydrogen-bond donors (Lipinski definition) is 1. The Morgan fingerprint density at radius 1 is 1.17 bits per heavy atom. The number of benzene rings is 1. The molecule has 9 nitrogen and oxygen atoms in total. The van der Waals surface area contributed by atoms with Crippen LogP contribution in [0.2, 0.25) is 0 Å². The van der Waals surface area contributed by atoms with Gasteiger partial charge in [-0.3, -0.25) is 9.36 Å². The van der Waals surface area contributed by atoms with Crippen LogP contribution in [0.3, 0.4) is 0 Å². The maximum absolute atomic E-state index is 13.0. The van der Waals surface area contributed by atoms with E-state index in [1.807, 2.05) is 13.8 Å². The van der Waals surface area contributed by atoms with Crippen molar-refractivity contribution in [2.24, 2.45) is 7.05 Å². The average Bonchev–Trinajstić information content (AvgIpc) is 2.81. The van der Waals surface area contributed by atoms with Gasteiger partial charge < -0.3 is 14.8 Å². The highest BCUT2D eigenvalue weighted by Crippen LogP contribution is 2.33. The fraction of sp³-hybridized carbons (Fsp3) is 0.240. The lowest BCUT2D eigenvalue weighted by Gasteiger charge is -2.15. The molecular formula is C25H24BrN5O4. The van der Waals surface area contributed by atoms with Gasteiger partial charge in [-0.25, -0.2) is 19.7 Å². The zero-order valence-electron chi connectivity index (χ0n) is 19.7. The number of nitrogens with zero attached hydrogens (tertiary/aromatic N) is 4. The number of nitrogens with one attached hydrogen (secondary N) is 1. The van der Waals surface area contributed by atoms with Crippen LogP contribution in [0.1, 0.15) is 31.1 Å². The molecule has 0 aliphatic carbocycles. The van der Waals surface area contributed by atoms with Crippen molar-refractivity contribution in [1.82, 2.24) is 19.5 Å². The third-order valence-electron chi connectivity index (χ3n) is 5.10. The second-order valence-electron chi connectivity index (χ2n) is 8.00. The number of rotatable bonds is 7. The Labute approximate surface area is 210 Å². The molecule has 0 saturated carbocycles. The van der Waals surface area contributed by atoms with Crippen molar-refractivity contribution in [3.8, 4) is 22.8 Å². The summed E-state index contributed by atoms with van der Waals surface area (Å²) in [4.78, 5) is 39.0. The fourth-order valence-corrected chi connectivity index (χ4v) is 3.86. The number of anilines is 1. The van der Waals surface area contributed by atoms with Crippen LogP contribution in [0.15, 0.2) is 58.2 Å². The van der Waals surface area contributed by atoms with E-state index in [4.69, 9.17) is 9.47 Å². The van der Waals surface area contributed by atoms with E-state index in [0.29, 0.717) is 44.2 Å². The lowest BCUT2D eigenvalue weighted by Crippen LogP contribution is -2.25. The molecule has 0 saturated heterocycles. The molecule has 0 radical (unpaired) electrons. The van der Waals surface area contributed by atoms with Crippen molar-refractivity contribution in [2.45, 2.75) is 26.8 Å². The number of halogens is 1. The first-order chi connectivity index (χ1) is 16.8. The summed E-state index contributed by atoms with van der Waals surface area (Å²) >= 11 is 3.32. The van der Waals surface area contributed by atoms with E-state index in [2.05, 4.69) is 36.2 Å². The third kappa shape index (κ3) is 5.17. The van der Waals surface area contributed by atoms with Gasteiger partial charge in [0.15, 0.2) is 0 Å². The van der Waals surface area contributed by atoms with Gasteiger partial charge >= 0.3 is 5.97 Å². The van der Waals surface area contributed by atoms with E-state index in [1.165, 1.54) is 10.8 Å². The van der Waals surface area contributed by atoms with Crippen LogP contribution >= 0.6 is 15.9 Å². The van der Waals surface area contributed by atoms with Gasteiger partial charge in [0, 0.05) is 36.9 Å². The topological polar surface area (TPSA) is 108 Å². The number of hydrogen-bond acceptors (Lipinski definition) is 8. The molecule has 3 aromatic heterocycles. The summed E-state index contributed by atoms with van der Waals surface area (Å²) in [6.45, 7) is 5.88. The van der Waals surface area contributed by atoms with Crippen LogP contribution in [0, 0.1) is 0 Å². The van der Waals surface area contributed by atoms with Crippen molar-refractivity contribution in [3.63, 3.8) is 0 Å². The fourth-order valence-electron chi connectivity index (χ4n) is 3.52. The highest BCUT2D eigenvalue weighted by Gasteiger charge is 2.21. The van der Waals surface area contributed by atoms with E-state index < -0.39 is 5.97 Å². The molecule has 1 N–H and O–H groups in total. The van der Waals surface area contributed by atoms with E-state index in [0.717, 1.165) is 0 Å². The Morgan fingerprint density at radius 2 is 1.97 bits per heavy atom. The van der Waals surface area contributed by atoms with E-state index >= 15 is 0 Å². The van der Waals surface area contributed by atoms with Crippen LogP contribution in [0.25, 0.3) is 22.2 Å². The lowest BCUT2D eigenvalue weighted by molar-refractivity contribution is 0.0526. The quantitative estimate of drug-likeness (QED) is 0.260. The maximum atomic E-state index is 13.0. The van der Waals surface area contributed by atoms with Crippen molar-refractivity contribution in [3.05, 3.63) is 69.3 Å². The first-order valence-electron chi connectivity index (χ1n) is 11.0. The highest BCUT2D eigenvalue weighted by atomic mass is 79.9. The number of esters is 1. The number of ether oxygens (including phenoxy) is 2. The molecule has 0 spiro atoms. The molecular weight excluding hydrogens is 514 g/mol. The molecule has 0 unspecified atom stereocenters. The molecule has 10 heteroatoms. The predicted octanol–water partition coefficient (Wildman–Crippen LogP) is 4.94. The van der Waals surface area contributed by atoms with Gasteiger partial charge in [-0.1, -0.05) is 0 Å². The minimum Gasteiger partial charge on any atom is -0.462 e. The minimum absolute atomic E-state index is 0.128. The van der Waals surface area contributed by atoms with Gasteiger partial charge in [0.25, 0.3) is 5.56 Å². The van der Waals surface area contributed by atoms with E-state index in [-0.39, 0.29) is 23.8 Å². The first-order valence-corrected chi connectivity index (χ1v) is 11.8. The molecule has 1 aromatic carbocycles. The van der Waals surface area contributed by atoms with Crippen LogP contribution in [0.4, 0.5) is 5.95 Å². The van der Waals surface area contributed by atoms with Gasteiger partial charge in [-0.2, -0.15) is 0 Å². The second-order valence-corrected chi connectivity index (χ2v) is 8.81. The molecule has 0 amide bonds. The van der Waals surface area contributed by atoms with Gasteiger partial charge in [0.05, 0.1) is 23.4 Å². The van der Waals surface area contributed by atoms with Gasteiger partial charge in [0.2, 0.25) is 5.95 Å². The third-order valence-corrected chi connectivity index (χ3v) is 5.53. The molecule has 3 heterocycles. The monoisotopic (exact) mass is 537 g/mol. The normalized spacial score (nSPS) is 11.0. The van der Waals surface area contributed by atoms with E-state index in [9.17, 15) is 9.59 Å². The lowest BCUT2D eigenvalue weighted by atomic mass is 10.1. The molecule has 4 rings (SSSR count). The SMILES string of the molecule is CCOC(=O)c1c(Oc2ccnc(Br)c2)ccc2nc(-c3cnc(NC(C)C)n(C)c3=O)ccc12. The number of fused-ring (bicyclic) bond motifs is 1. The van der Waals surface area contributed by atoms with E-state index in [1.54, 1.807) is 56.6 Å². The molecule has 0 atom stereocenters. The predicted molar refractivity (Wildman–Crippen MR) is 137 cm³/mol. The zero-order chi connectivity index (χ0) is 25.1. The van der Waals surface area contributed by atoms with Gasteiger partial charge in [-0.05, 0) is 67.0 Å². The summed E-state index contributed by atoms with van der Waals surface area (Å²) in [5.41, 5.74) is 1.33. The Kier molecular flexibility index (Phi) is 7.11. The number of carbonyl (C=O) groups is 1. The Morgan fingerprint density at radius 3 is 2.69 bits per heavy atom. The van der Waals surface area contributed by atoms with Crippen molar-refractivity contribution < 1.29 is 14.3 Å². The Bertz CT molecular complexity index is 1470. The first kappa shape index (κ1) is 24.3. The molecule has 4 aromatic rings. The van der Waals surface area contributed by atoms with Crippen LogP contribution in [-0.2, 0) is 11.8 Å². The number of carbonyl (C=O) groups excluding carboxylic acids is 1. The summed E-state index contributed by atoms with van der Waals surface area (Å²) in [6.07, 6.45) is 3.10. The minimum atomic E-state index is -0.530. The zero-order valence-corrected chi connectivity index (χ0v) is 21.3. The molecule has 0 aliphatic rings. The van der Waals surface area contributed by atoms with Crippen LogP contribution in [-0.4, -0.2) is 38.1 Å². The molecule has 0 fully saturated rings. The highest BCUT2D eigenvalue weighted by molar-refractivity contribution is 9.10. The van der Waals surface area contributed by atoms with Crippen molar-refractivity contribution in [2.75, 3.05) is 11.9 Å². The van der Waals surface area contributed by atoms with Gasteiger partial charge in [0.1, 0.15) is 21.7 Å². The molecule has 0 bridgehead atoms. The standard InChI is InChI=1S/C25H24BrN5O4/c1-5-34-24(33)22-16-6-7-19(17-13-28-25(29-14(2)3)31(4)23(17)32)30-18(16)8-9-20(22)35-15-10-11-27-21(26)12-15/h6-14H,5H2,1-4H3,(H,28,29). The van der Waals surface area contributed by atoms with Crippen LogP contribution in [0.5, 0.6) is 11.5 Å². The average molecular weight is 538 g/mol. The summed E-state index contributed by atoms with van der Waals surface area (Å²) in [6, 6.07) is 10.3. The van der Waals surface area contributed by atoms with Crippen LogP contribution < -0.4 is 15.6 Å². The summed E-state index contributed by atoms with van der Waals surface area (Å²) in [7, 11) is 1.66. The van der Waals surface area contributed by atoms with Crippen molar-refractivity contribution in [1.29, 1.82) is 0 Å². The summed E-state index contributed by atoms with van der Waals surface area (Å²) in [5, 5.41) is 3.69. The molecule has 0 aliphatic heterocycles. The molecule has 180 valence electrons. The Hall–Kier alpha value is -3.79. The molecule has 35 heavy (non-hydrogen) atoms. The largest absolute Gasteiger partial charge is 0.462 e. The van der Waals surface area contributed by atoms with Gasteiger partial charge in [-0.15, -0.1) is 0 Å². The maximum Gasteiger partial charge on any atom is 0.342 e. The second kappa shape index (κ2) is 10.2. The number of pyridine rings is 2. The summed E-state index contributed by atoms with van der Waals surface area (Å²) in [5.74, 6) is 0.775.